The average Bonchev–Trinajstić information content (AvgIpc) is 3.04. The van der Waals surface area contributed by atoms with Gasteiger partial charge in [0.2, 0.25) is 0 Å². The van der Waals surface area contributed by atoms with Gasteiger partial charge in [-0.2, -0.15) is 15.4 Å². The van der Waals surface area contributed by atoms with Gasteiger partial charge in [-0.15, -0.1) is 0 Å². The van der Waals surface area contributed by atoms with E-state index >= 15 is 0 Å². The second-order valence-electron chi connectivity index (χ2n) is 4.69. The normalized spacial score (nSPS) is 10.4. The van der Waals surface area contributed by atoms with Crippen LogP contribution < -0.4 is 10.5 Å². The molecule has 0 aliphatic carbocycles. The first-order valence-electron chi connectivity index (χ1n) is 6.72. The SMILES string of the molecule is NC(=O)c1n[nH]nc1-c1cccc(OCc2ccccc2)c1. The van der Waals surface area contributed by atoms with Crippen LogP contribution in [0.4, 0.5) is 0 Å². The van der Waals surface area contributed by atoms with Gasteiger partial charge in [-0.3, -0.25) is 4.79 Å². The summed E-state index contributed by atoms with van der Waals surface area (Å²) in [5, 5.41) is 10.2. The second-order valence-corrected chi connectivity index (χ2v) is 4.69. The van der Waals surface area contributed by atoms with Gasteiger partial charge in [-0.05, 0) is 17.7 Å². The van der Waals surface area contributed by atoms with E-state index in [1.165, 1.54) is 0 Å². The number of aromatic amines is 1. The van der Waals surface area contributed by atoms with E-state index in [-0.39, 0.29) is 5.69 Å². The van der Waals surface area contributed by atoms with Crippen molar-refractivity contribution in [2.75, 3.05) is 0 Å². The van der Waals surface area contributed by atoms with Gasteiger partial charge in [0.25, 0.3) is 5.91 Å². The van der Waals surface area contributed by atoms with Gasteiger partial charge in [-0.25, -0.2) is 0 Å². The zero-order valence-corrected chi connectivity index (χ0v) is 11.7. The fourth-order valence-corrected chi connectivity index (χ4v) is 2.08. The zero-order valence-electron chi connectivity index (χ0n) is 11.7. The first-order valence-corrected chi connectivity index (χ1v) is 6.72. The molecule has 3 aromatic rings. The molecule has 6 nitrogen and oxygen atoms in total. The van der Waals surface area contributed by atoms with Crippen LogP contribution in [-0.4, -0.2) is 21.3 Å². The first kappa shape index (κ1) is 13.8. The summed E-state index contributed by atoms with van der Waals surface area (Å²) in [7, 11) is 0. The molecule has 1 heterocycles. The maximum atomic E-state index is 11.3. The highest BCUT2D eigenvalue weighted by atomic mass is 16.5. The molecule has 22 heavy (non-hydrogen) atoms. The number of carbonyl (C=O) groups excluding carboxylic acids is 1. The molecule has 1 amide bonds. The second kappa shape index (κ2) is 6.09. The number of hydrogen-bond donors (Lipinski definition) is 2. The summed E-state index contributed by atoms with van der Waals surface area (Å²) in [6.45, 7) is 0.464. The van der Waals surface area contributed by atoms with Crippen molar-refractivity contribution >= 4 is 5.91 Å². The molecule has 1 aromatic heterocycles. The fourth-order valence-electron chi connectivity index (χ4n) is 2.08. The molecule has 0 saturated heterocycles. The smallest absolute Gasteiger partial charge is 0.271 e. The highest BCUT2D eigenvalue weighted by Gasteiger charge is 2.15. The third-order valence-corrected chi connectivity index (χ3v) is 3.14. The number of rotatable bonds is 5. The third kappa shape index (κ3) is 2.95. The molecule has 3 rings (SSSR count). The molecule has 0 saturated carbocycles. The van der Waals surface area contributed by atoms with Gasteiger partial charge in [0.15, 0.2) is 5.69 Å². The summed E-state index contributed by atoms with van der Waals surface area (Å²) in [5.41, 5.74) is 7.59. The van der Waals surface area contributed by atoms with Crippen LogP contribution in [0.5, 0.6) is 5.75 Å². The fraction of sp³-hybridized carbons (Fsp3) is 0.0625. The summed E-state index contributed by atoms with van der Waals surface area (Å²) in [5.74, 6) is 0.0548. The summed E-state index contributed by atoms with van der Waals surface area (Å²) in [6, 6.07) is 17.2. The van der Waals surface area contributed by atoms with E-state index in [2.05, 4.69) is 15.4 Å². The van der Waals surface area contributed by atoms with Gasteiger partial charge in [0, 0.05) is 5.56 Å². The summed E-state index contributed by atoms with van der Waals surface area (Å²) in [4.78, 5) is 11.3. The number of benzene rings is 2. The Morgan fingerprint density at radius 1 is 1.09 bits per heavy atom. The van der Waals surface area contributed by atoms with E-state index in [4.69, 9.17) is 10.5 Å². The number of H-pyrrole nitrogens is 1. The van der Waals surface area contributed by atoms with E-state index in [1.54, 1.807) is 6.07 Å². The van der Waals surface area contributed by atoms with Gasteiger partial charge < -0.3 is 10.5 Å². The van der Waals surface area contributed by atoms with Gasteiger partial charge in [0.05, 0.1) is 0 Å². The van der Waals surface area contributed by atoms with Gasteiger partial charge in [-0.1, -0.05) is 42.5 Å². The van der Waals surface area contributed by atoms with E-state index in [0.717, 1.165) is 5.56 Å². The maximum absolute atomic E-state index is 11.3. The Morgan fingerprint density at radius 2 is 1.91 bits per heavy atom. The number of ether oxygens (including phenoxy) is 1. The number of primary amides is 1. The highest BCUT2D eigenvalue weighted by molar-refractivity contribution is 5.96. The van der Waals surface area contributed by atoms with Crippen molar-refractivity contribution in [3.05, 3.63) is 65.9 Å². The minimum Gasteiger partial charge on any atom is -0.489 e. The molecule has 3 N–H and O–H groups in total. The van der Waals surface area contributed by atoms with Crippen LogP contribution >= 0.6 is 0 Å². The van der Waals surface area contributed by atoms with E-state index in [9.17, 15) is 4.79 Å². The Hall–Kier alpha value is -3.15. The molecular weight excluding hydrogens is 280 g/mol. The van der Waals surface area contributed by atoms with Crippen molar-refractivity contribution in [1.82, 2.24) is 15.4 Å². The van der Waals surface area contributed by atoms with E-state index < -0.39 is 5.91 Å². The van der Waals surface area contributed by atoms with Crippen LogP contribution in [0.3, 0.4) is 0 Å². The van der Waals surface area contributed by atoms with E-state index in [0.29, 0.717) is 23.6 Å². The molecule has 110 valence electrons. The first-order chi connectivity index (χ1) is 10.7. The summed E-state index contributed by atoms with van der Waals surface area (Å²) in [6.07, 6.45) is 0. The predicted octanol–water partition coefficient (Wildman–Crippen LogP) is 2.15. The molecule has 0 bridgehead atoms. The lowest BCUT2D eigenvalue weighted by Gasteiger charge is -2.07. The van der Waals surface area contributed by atoms with Crippen LogP contribution in [0.15, 0.2) is 54.6 Å². The number of hydrogen-bond acceptors (Lipinski definition) is 4. The summed E-state index contributed by atoms with van der Waals surface area (Å²) < 4.78 is 5.76. The average molecular weight is 294 g/mol. The van der Waals surface area contributed by atoms with Crippen LogP contribution in [0.25, 0.3) is 11.3 Å². The molecule has 2 aromatic carbocycles. The molecule has 0 fully saturated rings. The van der Waals surface area contributed by atoms with Crippen molar-refractivity contribution < 1.29 is 9.53 Å². The lowest BCUT2D eigenvalue weighted by atomic mass is 10.1. The Morgan fingerprint density at radius 3 is 2.68 bits per heavy atom. The monoisotopic (exact) mass is 294 g/mol. The van der Waals surface area contributed by atoms with Gasteiger partial charge >= 0.3 is 0 Å². The number of aromatic nitrogens is 3. The van der Waals surface area contributed by atoms with Crippen LogP contribution in [0.1, 0.15) is 16.1 Å². The van der Waals surface area contributed by atoms with Crippen molar-refractivity contribution in [1.29, 1.82) is 0 Å². The Balaban J connectivity index is 1.81. The molecule has 0 atom stereocenters. The van der Waals surface area contributed by atoms with E-state index in [1.807, 2.05) is 48.5 Å². The number of amides is 1. The molecule has 0 unspecified atom stereocenters. The minimum absolute atomic E-state index is 0.111. The molecule has 0 aliphatic rings. The molecular formula is C16H14N4O2. The maximum Gasteiger partial charge on any atom is 0.271 e. The van der Waals surface area contributed by atoms with Crippen molar-refractivity contribution in [2.45, 2.75) is 6.61 Å². The Kier molecular flexibility index (Phi) is 3.82. The van der Waals surface area contributed by atoms with Crippen LogP contribution in [-0.2, 0) is 6.61 Å². The predicted molar refractivity (Wildman–Crippen MR) is 81.1 cm³/mol. The van der Waals surface area contributed by atoms with Gasteiger partial charge in [0.1, 0.15) is 18.1 Å². The van der Waals surface area contributed by atoms with Crippen molar-refractivity contribution in [3.63, 3.8) is 0 Å². The molecule has 0 spiro atoms. The lowest BCUT2D eigenvalue weighted by Crippen LogP contribution is -2.12. The Labute approximate surface area is 126 Å². The number of nitrogens with two attached hydrogens (primary N) is 1. The number of carbonyl (C=O) groups is 1. The highest BCUT2D eigenvalue weighted by Crippen LogP contribution is 2.24. The minimum atomic E-state index is -0.626. The lowest BCUT2D eigenvalue weighted by molar-refractivity contribution is 0.0996. The number of nitrogens with one attached hydrogen (secondary N) is 1. The van der Waals surface area contributed by atoms with Crippen molar-refractivity contribution in [2.24, 2.45) is 5.73 Å². The Bertz CT molecular complexity index is 784. The molecule has 0 radical (unpaired) electrons. The topological polar surface area (TPSA) is 93.9 Å². The van der Waals surface area contributed by atoms with Crippen LogP contribution in [0, 0.1) is 0 Å². The standard InChI is InChI=1S/C16H14N4O2/c17-16(21)15-14(18-20-19-15)12-7-4-8-13(9-12)22-10-11-5-2-1-3-6-11/h1-9H,10H2,(H2,17,21)(H,18,19,20). The quantitative estimate of drug-likeness (QED) is 0.754. The van der Waals surface area contributed by atoms with Crippen molar-refractivity contribution in [3.8, 4) is 17.0 Å². The van der Waals surface area contributed by atoms with Crippen LogP contribution in [0.2, 0.25) is 0 Å². The largest absolute Gasteiger partial charge is 0.489 e. The summed E-state index contributed by atoms with van der Waals surface area (Å²) >= 11 is 0. The zero-order chi connectivity index (χ0) is 15.4. The third-order valence-electron chi connectivity index (χ3n) is 3.14. The molecule has 6 heteroatoms. The number of nitrogens with zero attached hydrogens (tertiary/aromatic N) is 2. The molecule has 0 aliphatic heterocycles.